The number of hydrogen-bond acceptors (Lipinski definition) is 3. The molecule has 1 N–H and O–H groups in total. The van der Waals surface area contributed by atoms with E-state index >= 15 is 0 Å². The Bertz CT molecular complexity index is 1090. The highest BCUT2D eigenvalue weighted by molar-refractivity contribution is 7.89. The summed E-state index contributed by atoms with van der Waals surface area (Å²) >= 11 is 0. The van der Waals surface area contributed by atoms with Gasteiger partial charge in [0.05, 0.1) is 4.90 Å². The molecule has 0 amide bonds. The van der Waals surface area contributed by atoms with Gasteiger partial charge in [-0.05, 0) is 55.7 Å². The lowest BCUT2D eigenvalue weighted by atomic mass is 10.1. The third-order valence-electron chi connectivity index (χ3n) is 5.26. The van der Waals surface area contributed by atoms with Crippen LogP contribution in [-0.2, 0) is 10.0 Å². The van der Waals surface area contributed by atoms with E-state index in [0.717, 1.165) is 40.9 Å². The van der Waals surface area contributed by atoms with Crippen LogP contribution in [0.5, 0.6) is 0 Å². The van der Waals surface area contributed by atoms with E-state index in [1.807, 2.05) is 6.07 Å². The van der Waals surface area contributed by atoms with Gasteiger partial charge in [0.25, 0.3) is 0 Å². The zero-order valence-electron chi connectivity index (χ0n) is 16.0. The number of aromatic nitrogens is 1. The predicted octanol–water partition coefficient (Wildman–Crippen LogP) is 3.99. The normalized spacial score (nSPS) is 15.2. The SMILES string of the molecule is Cc1ccc2cc(-c3cc(S(=O)(=O)N(C)C)ccc3N3CCCC3)[nH]c2c1. The second kappa shape index (κ2) is 6.69. The van der Waals surface area contributed by atoms with Crippen LogP contribution in [0.4, 0.5) is 5.69 Å². The van der Waals surface area contributed by atoms with E-state index in [1.165, 1.54) is 22.7 Å². The van der Waals surface area contributed by atoms with Gasteiger partial charge in [0.15, 0.2) is 0 Å². The first-order valence-corrected chi connectivity index (χ1v) is 10.7. The zero-order chi connectivity index (χ0) is 19.2. The highest BCUT2D eigenvalue weighted by atomic mass is 32.2. The molecule has 0 atom stereocenters. The number of anilines is 1. The van der Waals surface area contributed by atoms with Gasteiger partial charge >= 0.3 is 0 Å². The van der Waals surface area contributed by atoms with Crippen molar-refractivity contribution in [2.45, 2.75) is 24.7 Å². The summed E-state index contributed by atoms with van der Waals surface area (Å²) in [5.41, 5.74) is 5.24. The smallest absolute Gasteiger partial charge is 0.242 e. The van der Waals surface area contributed by atoms with Gasteiger partial charge < -0.3 is 9.88 Å². The predicted molar refractivity (Wildman–Crippen MR) is 111 cm³/mol. The third-order valence-corrected chi connectivity index (χ3v) is 7.07. The monoisotopic (exact) mass is 383 g/mol. The van der Waals surface area contributed by atoms with Crippen molar-refractivity contribution < 1.29 is 8.42 Å². The van der Waals surface area contributed by atoms with E-state index in [-0.39, 0.29) is 0 Å². The number of aryl methyl sites for hydroxylation is 1. The molecule has 1 aliphatic rings. The van der Waals surface area contributed by atoms with Crippen LogP contribution in [0.1, 0.15) is 18.4 Å². The first-order valence-electron chi connectivity index (χ1n) is 9.27. The van der Waals surface area contributed by atoms with Crippen LogP contribution in [-0.4, -0.2) is 44.9 Å². The fraction of sp³-hybridized carbons (Fsp3) is 0.333. The minimum atomic E-state index is -3.48. The molecule has 6 heteroatoms. The molecule has 4 rings (SSSR count). The van der Waals surface area contributed by atoms with Crippen molar-refractivity contribution in [2.75, 3.05) is 32.1 Å². The number of sulfonamides is 1. The summed E-state index contributed by atoms with van der Waals surface area (Å²) in [4.78, 5) is 6.15. The molecule has 2 aromatic carbocycles. The Morgan fingerprint density at radius 3 is 2.44 bits per heavy atom. The molecule has 1 fully saturated rings. The van der Waals surface area contributed by atoms with Gasteiger partial charge in [-0.3, -0.25) is 0 Å². The number of benzene rings is 2. The molecule has 0 unspecified atom stereocenters. The van der Waals surface area contributed by atoms with E-state index < -0.39 is 10.0 Å². The van der Waals surface area contributed by atoms with Gasteiger partial charge in [-0.15, -0.1) is 0 Å². The Labute approximate surface area is 160 Å². The van der Waals surface area contributed by atoms with Crippen molar-refractivity contribution in [3.8, 4) is 11.3 Å². The van der Waals surface area contributed by atoms with Crippen LogP contribution in [0.15, 0.2) is 47.4 Å². The Kier molecular flexibility index (Phi) is 4.48. The minimum Gasteiger partial charge on any atom is -0.371 e. The Hall–Kier alpha value is -2.31. The number of nitrogens with zero attached hydrogens (tertiary/aromatic N) is 2. The highest BCUT2D eigenvalue weighted by Crippen LogP contribution is 2.36. The van der Waals surface area contributed by atoms with E-state index in [1.54, 1.807) is 26.2 Å². The van der Waals surface area contributed by atoms with Crippen LogP contribution >= 0.6 is 0 Å². The lowest BCUT2D eigenvalue weighted by Gasteiger charge is -2.22. The quantitative estimate of drug-likeness (QED) is 0.741. The number of aromatic amines is 1. The summed E-state index contributed by atoms with van der Waals surface area (Å²) < 4.78 is 26.6. The van der Waals surface area contributed by atoms with Crippen LogP contribution < -0.4 is 4.90 Å². The van der Waals surface area contributed by atoms with Crippen LogP contribution in [0.2, 0.25) is 0 Å². The maximum Gasteiger partial charge on any atom is 0.242 e. The molecule has 2 heterocycles. The lowest BCUT2D eigenvalue weighted by molar-refractivity contribution is 0.521. The summed E-state index contributed by atoms with van der Waals surface area (Å²) in [6.45, 7) is 4.08. The first-order chi connectivity index (χ1) is 12.9. The first kappa shape index (κ1) is 18.1. The molecule has 1 aromatic heterocycles. The molecular formula is C21H25N3O2S. The van der Waals surface area contributed by atoms with E-state index in [2.05, 4.69) is 41.1 Å². The van der Waals surface area contributed by atoms with Gasteiger partial charge in [0.2, 0.25) is 10.0 Å². The van der Waals surface area contributed by atoms with E-state index in [0.29, 0.717) is 4.90 Å². The summed E-state index contributed by atoms with van der Waals surface area (Å²) in [7, 11) is -0.354. The van der Waals surface area contributed by atoms with Gasteiger partial charge in [-0.1, -0.05) is 12.1 Å². The van der Waals surface area contributed by atoms with Crippen molar-refractivity contribution in [1.82, 2.24) is 9.29 Å². The van der Waals surface area contributed by atoms with Gasteiger partial charge in [0, 0.05) is 55.0 Å². The molecule has 0 radical (unpaired) electrons. The molecule has 0 aliphatic carbocycles. The Balaban J connectivity index is 1.91. The third kappa shape index (κ3) is 3.24. The number of rotatable bonds is 4. The van der Waals surface area contributed by atoms with Gasteiger partial charge in [0.1, 0.15) is 0 Å². The molecule has 0 bridgehead atoms. The van der Waals surface area contributed by atoms with Gasteiger partial charge in [-0.2, -0.15) is 0 Å². The molecule has 1 saturated heterocycles. The number of H-pyrrole nitrogens is 1. The Morgan fingerprint density at radius 1 is 1.00 bits per heavy atom. The number of nitrogens with one attached hydrogen (secondary N) is 1. The van der Waals surface area contributed by atoms with E-state index in [9.17, 15) is 8.42 Å². The molecular weight excluding hydrogens is 358 g/mol. The van der Waals surface area contributed by atoms with Crippen molar-refractivity contribution in [2.24, 2.45) is 0 Å². The fourth-order valence-electron chi connectivity index (χ4n) is 3.72. The van der Waals surface area contributed by atoms with Crippen LogP contribution in [0.3, 0.4) is 0 Å². The summed E-state index contributed by atoms with van der Waals surface area (Å²) in [5, 5.41) is 1.13. The summed E-state index contributed by atoms with van der Waals surface area (Å²) in [5.74, 6) is 0. The minimum absolute atomic E-state index is 0.320. The standard InChI is InChI=1S/C21H25N3O2S/c1-15-6-7-16-13-20(22-19(16)12-15)18-14-17(27(25,26)23(2)3)8-9-21(18)24-10-4-5-11-24/h6-9,12-14,22H,4-5,10-11H2,1-3H3. The van der Waals surface area contributed by atoms with E-state index in [4.69, 9.17) is 0 Å². The number of fused-ring (bicyclic) bond motifs is 1. The van der Waals surface area contributed by atoms with Crippen LogP contribution in [0, 0.1) is 6.92 Å². The Morgan fingerprint density at radius 2 is 1.74 bits per heavy atom. The number of hydrogen-bond donors (Lipinski definition) is 1. The maximum atomic E-state index is 12.7. The average Bonchev–Trinajstić information content (AvgIpc) is 3.30. The summed E-state index contributed by atoms with van der Waals surface area (Å²) in [6.07, 6.45) is 2.34. The van der Waals surface area contributed by atoms with Gasteiger partial charge in [-0.25, -0.2) is 12.7 Å². The van der Waals surface area contributed by atoms with Crippen molar-refractivity contribution >= 4 is 26.6 Å². The van der Waals surface area contributed by atoms with Crippen molar-refractivity contribution in [3.05, 3.63) is 48.0 Å². The largest absolute Gasteiger partial charge is 0.371 e. The zero-order valence-corrected chi connectivity index (χ0v) is 16.8. The fourth-order valence-corrected chi connectivity index (χ4v) is 4.65. The van der Waals surface area contributed by atoms with Crippen LogP contribution in [0.25, 0.3) is 22.2 Å². The molecule has 27 heavy (non-hydrogen) atoms. The molecule has 3 aromatic rings. The summed E-state index contributed by atoms with van der Waals surface area (Å²) in [6, 6.07) is 13.9. The molecule has 1 aliphatic heterocycles. The molecule has 5 nitrogen and oxygen atoms in total. The lowest BCUT2D eigenvalue weighted by Crippen LogP contribution is -2.23. The topological polar surface area (TPSA) is 56.4 Å². The maximum absolute atomic E-state index is 12.7. The second-order valence-electron chi connectivity index (χ2n) is 7.43. The van der Waals surface area contributed by atoms with Crippen molar-refractivity contribution in [1.29, 1.82) is 0 Å². The van der Waals surface area contributed by atoms with Crippen molar-refractivity contribution in [3.63, 3.8) is 0 Å². The average molecular weight is 384 g/mol. The molecule has 0 spiro atoms. The molecule has 0 saturated carbocycles. The highest BCUT2D eigenvalue weighted by Gasteiger charge is 2.23. The second-order valence-corrected chi connectivity index (χ2v) is 9.59. The molecule has 142 valence electrons.